The van der Waals surface area contributed by atoms with Crippen molar-refractivity contribution in [2.24, 2.45) is 5.73 Å². The molecule has 0 aliphatic rings. The molecule has 0 saturated carbocycles. The van der Waals surface area contributed by atoms with Gasteiger partial charge in [-0.3, -0.25) is 0 Å². The summed E-state index contributed by atoms with van der Waals surface area (Å²) >= 11 is 0. The third-order valence-corrected chi connectivity index (χ3v) is 1.97. The number of carbonyl (C=O) groups is 1. The fourth-order valence-corrected chi connectivity index (χ4v) is 1.07. The van der Waals surface area contributed by atoms with Gasteiger partial charge in [0.25, 0.3) is 0 Å². The molecule has 0 saturated heterocycles. The average Bonchev–Trinajstić information content (AvgIpc) is 2.34. The van der Waals surface area contributed by atoms with Crippen LogP contribution in [0.1, 0.15) is 12.5 Å². The Morgan fingerprint density at radius 2 is 2.06 bits per heavy atom. The molecular weight excluding hydrogens is 202 g/mol. The van der Waals surface area contributed by atoms with Crippen molar-refractivity contribution >= 4 is 12.0 Å². The highest BCUT2D eigenvalue weighted by atomic mass is 16.5. The molecular formula is C13H15NO2. The van der Waals surface area contributed by atoms with Crippen molar-refractivity contribution in [3.63, 3.8) is 0 Å². The van der Waals surface area contributed by atoms with Crippen molar-refractivity contribution in [1.82, 2.24) is 0 Å². The van der Waals surface area contributed by atoms with Gasteiger partial charge in [-0.2, -0.15) is 0 Å². The minimum Gasteiger partial charge on any atom is -0.457 e. The van der Waals surface area contributed by atoms with Crippen molar-refractivity contribution < 1.29 is 9.53 Å². The molecule has 3 heteroatoms. The molecule has 1 aromatic rings. The fraction of sp³-hybridized carbons (Fsp3) is 0.154. The zero-order valence-electron chi connectivity index (χ0n) is 9.22. The minimum atomic E-state index is -0.486. The largest absolute Gasteiger partial charge is 0.457 e. The summed E-state index contributed by atoms with van der Waals surface area (Å²) in [7, 11) is 0. The standard InChI is InChI=1S/C13H15NO2/c1-2-12(14)13(15)16-10-6-9-11-7-4-3-5-8-11/h2-9H,10,14H2,1H3/b9-6?,12-2-. The van der Waals surface area contributed by atoms with E-state index in [1.165, 1.54) is 6.08 Å². The first-order chi connectivity index (χ1) is 7.74. The van der Waals surface area contributed by atoms with Gasteiger partial charge in [0.1, 0.15) is 12.3 Å². The fourth-order valence-electron chi connectivity index (χ4n) is 1.07. The molecule has 0 aliphatic heterocycles. The quantitative estimate of drug-likeness (QED) is 0.620. The highest BCUT2D eigenvalue weighted by molar-refractivity contribution is 5.87. The van der Waals surface area contributed by atoms with E-state index in [2.05, 4.69) is 0 Å². The van der Waals surface area contributed by atoms with E-state index in [0.717, 1.165) is 5.56 Å². The molecule has 0 aromatic heterocycles. The Morgan fingerprint density at radius 1 is 1.38 bits per heavy atom. The zero-order valence-corrected chi connectivity index (χ0v) is 9.22. The molecule has 0 bridgehead atoms. The monoisotopic (exact) mass is 217 g/mol. The van der Waals surface area contributed by atoms with Crippen LogP contribution in [-0.4, -0.2) is 12.6 Å². The van der Waals surface area contributed by atoms with Crippen LogP contribution in [0.2, 0.25) is 0 Å². The highest BCUT2D eigenvalue weighted by Gasteiger charge is 2.02. The van der Waals surface area contributed by atoms with E-state index in [0.29, 0.717) is 0 Å². The Labute approximate surface area is 95.2 Å². The third kappa shape index (κ3) is 4.00. The number of hydrogen-bond donors (Lipinski definition) is 1. The molecule has 2 N–H and O–H groups in total. The lowest BCUT2D eigenvalue weighted by Gasteiger charge is -2.00. The Bertz CT molecular complexity index is 394. The smallest absolute Gasteiger partial charge is 0.354 e. The van der Waals surface area contributed by atoms with E-state index >= 15 is 0 Å². The van der Waals surface area contributed by atoms with Gasteiger partial charge in [-0.05, 0) is 18.6 Å². The van der Waals surface area contributed by atoms with Crippen molar-refractivity contribution in [2.45, 2.75) is 6.92 Å². The topological polar surface area (TPSA) is 52.3 Å². The van der Waals surface area contributed by atoms with Gasteiger partial charge < -0.3 is 10.5 Å². The van der Waals surface area contributed by atoms with Crippen LogP contribution in [0.15, 0.2) is 48.2 Å². The van der Waals surface area contributed by atoms with Gasteiger partial charge in [0.15, 0.2) is 0 Å². The van der Waals surface area contributed by atoms with E-state index in [-0.39, 0.29) is 12.3 Å². The minimum absolute atomic E-state index is 0.133. The molecule has 0 amide bonds. The van der Waals surface area contributed by atoms with Crippen molar-refractivity contribution in [1.29, 1.82) is 0 Å². The molecule has 1 rings (SSSR count). The Balaban J connectivity index is 2.37. The van der Waals surface area contributed by atoms with Crippen molar-refractivity contribution in [3.8, 4) is 0 Å². The summed E-state index contributed by atoms with van der Waals surface area (Å²) in [5.41, 5.74) is 6.57. The van der Waals surface area contributed by atoms with Crippen LogP contribution in [0.3, 0.4) is 0 Å². The number of rotatable bonds is 4. The molecule has 3 nitrogen and oxygen atoms in total. The number of esters is 1. The van der Waals surface area contributed by atoms with Gasteiger partial charge in [-0.1, -0.05) is 42.5 Å². The Morgan fingerprint density at radius 3 is 2.69 bits per heavy atom. The average molecular weight is 217 g/mol. The molecule has 0 unspecified atom stereocenters. The maximum atomic E-state index is 11.1. The number of carbonyl (C=O) groups excluding carboxylic acids is 1. The molecule has 16 heavy (non-hydrogen) atoms. The molecule has 84 valence electrons. The van der Waals surface area contributed by atoms with Gasteiger partial charge in [-0.25, -0.2) is 4.79 Å². The van der Waals surface area contributed by atoms with Crippen molar-refractivity contribution in [3.05, 3.63) is 53.7 Å². The second kappa shape index (κ2) is 6.45. The number of hydrogen-bond acceptors (Lipinski definition) is 3. The molecule has 0 heterocycles. The summed E-state index contributed by atoms with van der Waals surface area (Å²) in [4.78, 5) is 11.1. The van der Waals surface area contributed by atoms with Gasteiger partial charge in [0, 0.05) is 0 Å². The first-order valence-electron chi connectivity index (χ1n) is 5.04. The molecule has 0 fully saturated rings. The Kier molecular flexibility index (Phi) is 4.86. The van der Waals surface area contributed by atoms with E-state index in [1.54, 1.807) is 13.0 Å². The maximum Gasteiger partial charge on any atom is 0.354 e. The van der Waals surface area contributed by atoms with Gasteiger partial charge in [-0.15, -0.1) is 0 Å². The highest BCUT2D eigenvalue weighted by Crippen LogP contribution is 2.00. The SMILES string of the molecule is C/C=C(\N)C(=O)OCC=Cc1ccccc1. The Hall–Kier alpha value is -2.03. The zero-order chi connectivity index (χ0) is 11.8. The molecule has 0 aliphatic carbocycles. The lowest BCUT2D eigenvalue weighted by molar-refractivity contribution is -0.137. The lowest BCUT2D eigenvalue weighted by atomic mass is 10.2. The predicted octanol–water partition coefficient (Wildman–Crippen LogP) is 2.11. The van der Waals surface area contributed by atoms with Crippen LogP contribution in [0.4, 0.5) is 0 Å². The third-order valence-electron chi connectivity index (χ3n) is 1.97. The van der Waals surface area contributed by atoms with Crippen LogP contribution >= 0.6 is 0 Å². The molecule has 1 aromatic carbocycles. The molecule has 0 spiro atoms. The van der Waals surface area contributed by atoms with E-state index < -0.39 is 5.97 Å². The van der Waals surface area contributed by atoms with Crippen LogP contribution in [0, 0.1) is 0 Å². The maximum absolute atomic E-state index is 11.1. The predicted molar refractivity (Wildman–Crippen MR) is 64.4 cm³/mol. The van der Waals surface area contributed by atoms with Crippen LogP contribution in [0.5, 0.6) is 0 Å². The van der Waals surface area contributed by atoms with Crippen LogP contribution < -0.4 is 5.73 Å². The normalized spacial score (nSPS) is 11.7. The summed E-state index contributed by atoms with van der Waals surface area (Å²) in [6, 6.07) is 9.79. The first kappa shape index (κ1) is 12.0. The number of allylic oxidation sites excluding steroid dienone is 1. The second-order valence-corrected chi connectivity index (χ2v) is 3.16. The van der Waals surface area contributed by atoms with Gasteiger partial charge in [0.05, 0.1) is 0 Å². The van der Waals surface area contributed by atoms with Crippen LogP contribution in [0.25, 0.3) is 6.08 Å². The second-order valence-electron chi connectivity index (χ2n) is 3.16. The molecule has 0 radical (unpaired) electrons. The van der Waals surface area contributed by atoms with E-state index in [4.69, 9.17) is 10.5 Å². The number of ether oxygens (including phenoxy) is 1. The van der Waals surface area contributed by atoms with E-state index in [9.17, 15) is 4.79 Å². The van der Waals surface area contributed by atoms with Gasteiger partial charge in [0.2, 0.25) is 0 Å². The summed E-state index contributed by atoms with van der Waals surface area (Å²) in [6.07, 6.45) is 5.18. The van der Waals surface area contributed by atoms with Crippen LogP contribution in [-0.2, 0) is 9.53 Å². The summed E-state index contributed by atoms with van der Waals surface area (Å²) in [6.45, 7) is 1.92. The number of nitrogens with two attached hydrogens (primary N) is 1. The van der Waals surface area contributed by atoms with E-state index in [1.807, 2.05) is 36.4 Å². The molecule has 0 atom stereocenters. The summed E-state index contributed by atoms with van der Waals surface area (Å²) < 4.78 is 4.90. The summed E-state index contributed by atoms with van der Waals surface area (Å²) in [5.74, 6) is -0.486. The lowest BCUT2D eigenvalue weighted by Crippen LogP contribution is -2.14. The van der Waals surface area contributed by atoms with Crippen molar-refractivity contribution in [2.75, 3.05) is 6.61 Å². The first-order valence-corrected chi connectivity index (χ1v) is 5.04. The number of benzene rings is 1. The summed E-state index contributed by atoms with van der Waals surface area (Å²) in [5, 5.41) is 0. The van der Waals surface area contributed by atoms with Gasteiger partial charge >= 0.3 is 5.97 Å².